The number of para-hydroxylation sites is 9. The third kappa shape index (κ3) is 10.9. The highest BCUT2D eigenvalue weighted by Gasteiger charge is 2.51. The van der Waals surface area contributed by atoms with Crippen molar-refractivity contribution >= 4 is 205 Å². The van der Waals surface area contributed by atoms with Gasteiger partial charge in [-0.1, -0.05) is 229 Å². The summed E-state index contributed by atoms with van der Waals surface area (Å²) in [5.74, 6) is 1.68. The Morgan fingerprint density at radius 1 is 0.244 bits per heavy atom. The highest BCUT2D eigenvalue weighted by atomic mass is 16.5. The van der Waals surface area contributed by atoms with Crippen molar-refractivity contribution in [3.8, 4) is 17.2 Å². The Morgan fingerprint density at radius 2 is 0.602 bits per heavy atom. The normalized spacial score (nSPS) is 13.1. The third-order valence-corrected chi connectivity index (χ3v) is 26.7. The highest BCUT2D eigenvalue weighted by molar-refractivity contribution is 7.04. The van der Waals surface area contributed by atoms with Crippen molar-refractivity contribution in [2.45, 2.75) is 62.3 Å². The molecule has 0 fully saturated rings. The lowest BCUT2D eigenvalue weighted by Gasteiger charge is -2.48. The van der Waals surface area contributed by atoms with Gasteiger partial charge in [0.05, 0.1) is 39.6 Å². The number of aromatic nitrogens is 1. The van der Waals surface area contributed by atoms with Crippen molar-refractivity contribution in [2.24, 2.45) is 0 Å². The number of hydrogen-bond acceptors (Lipinski definition) is 8. The molecule has 0 spiro atoms. The molecule has 9 nitrogen and oxygen atoms in total. The molecule has 0 amide bonds. The summed E-state index contributed by atoms with van der Waals surface area (Å²) in [6.07, 6.45) is 0. The molecule has 0 aliphatic carbocycles. The number of ether oxygens (including phenoxy) is 1. The SMILES string of the molecule is Cc1cc(C)c(N2c3cc4c(cc3B3c5ccccc5Oc5cc(N(c6ccccc6)c6ccccc6)cc2c53)B2c3cc5c(cc3N(c3c(C)cc(C)cc3C)c3cc(N(c6ccccc6)c6ccccc6)cc(c32)N4c2c(C)cc(C)cc2C)Nc2cc(N(c3ccccc3)c3ccccc3)cc3c2B5c2cccc4c5ccccc5n-3c24)c(C)c1. The van der Waals surface area contributed by atoms with E-state index in [0.29, 0.717) is 0 Å². The lowest BCUT2D eigenvalue weighted by Crippen LogP contribution is -2.66. The number of nitrogens with one attached hydrogen (secondary N) is 1. The summed E-state index contributed by atoms with van der Waals surface area (Å²) in [4.78, 5) is 15.4. The molecule has 6 aliphatic heterocycles. The van der Waals surface area contributed by atoms with Gasteiger partial charge < -0.3 is 44.0 Å². The van der Waals surface area contributed by atoms with E-state index in [0.717, 1.165) is 142 Å². The van der Waals surface area contributed by atoms with Crippen molar-refractivity contribution in [1.82, 2.24) is 4.57 Å². The molecule has 0 saturated carbocycles. The van der Waals surface area contributed by atoms with Crippen LogP contribution in [0.3, 0.4) is 0 Å². The van der Waals surface area contributed by atoms with Crippen LogP contribution in [0.25, 0.3) is 27.5 Å². The Kier molecular flexibility index (Phi) is 16.2. The van der Waals surface area contributed by atoms with Gasteiger partial charge in [0, 0.05) is 108 Å². The fourth-order valence-corrected chi connectivity index (χ4v) is 22.4. The Balaban J connectivity index is 0.848. The molecule has 7 heterocycles. The first kappa shape index (κ1) is 72.2. The molecule has 0 unspecified atom stereocenters. The maximum Gasteiger partial charge on any atom is 0.256 e. The fourth-order valence-electron chi connectivity index (χ4n) is 22.4. The van der Waals surface area contributed by atoms with Gasteiger partial charge >= 0.3 is 0 Å². The van der Waals surface area contributed by atoms with Crippen LogP contribution in [0.15, 0.2) is 346 Å². The van der Waals surface area contributed by atoms with Gasteiger partial charge in [-0.15, -0.1) is 0 Å². The minimum Gasteiger partial charge on any atom is -0.458 e. The summed E-state index contributed by atoms with van der Waals surface area (Å²) in [5, 5.41) is 6.88. The molecular weight excluding hydrogens is 1490 g/mol. The maximum atomic E-state index is 7.57. The van der Waals surface area contributed by atoms with Crippen molar-refractivity contribution in [3.05, 3.63) is 396 Å². The van der Waals surface area contributed by atoms with Crippen molar-refractivity contribution in [2.75, 3.05) is 34.7 Å². The van der Waals surface area contributed by atoms with Crippen LogP contribution in [0.1, 0.15) is 50.1 Å². The molecule has 17 aromatic carbocycles. The summed E-state index contributed by atoms with van der Waals surface area (Å²) >= 11 is 0. The molecule has 18 aromatic rings. The van der Waals surface area contributed by atoms with Gasteiger partial charge in [-0.2, -0.15) is 0 Å². The zero-order valence-corrected chi connectivity index (χ0v) is 70.2. The minimum atomic E-state index is -0.365. The number of fused-ring (bicyclic) bond motifs is 15. The van der Waals surface area contributed by atoms with E-state index in [2.05, 4.69) is 447 Å². The van der Waals surface area contributed by atoms with E-state index < -0.39 is 0 Å². The second-order valence-corrected chi connectivity index (χ2v) is 34.6. The first-order valence-corrected chi connectivity index (χ1v) is 43.1. The quantitative estimate of drug-likeness (QED) is 0.121. The van der Waals surface area contributed by atoms with Crippen LogP contribution in [0.4, 0.5) is 114 Å². The second-order valence-electron chi connectivity index (χ2n) is 34.6. The topological polar surface area (TPSA) is 45.6 Å². The van der Waals surface area contributed by atoms with Crippen LogP contribution in [-0.2, 0) is 0 Å². The van der Waals surface area contributed by atoms with Crippen molar-refractivity contribution in [1.29, 1.82) is 0 Å². The zero-order chi connectivity index (χ0) is 82.5. The van der Waals surface area contributed by atoms with E-state index >= 15 is 0 Å². The van der Waals surface area contributed by atoms with Crippen molar-refractivity contribution < 1.29 is 4.74 Å². The largest absolute Gasteiger partial charge is 0.458 e. The van der Waals surface area contributed by atoms with Gasteiger partial charge in [0.15, 0.2) is 0 Å². The summed E-state index contributed by atoms with van der Waals surface area (Å²) in [6, 6.07) is 130. The molecule has 24 rings (SSSR count). The predicted molar refractivity (Wildman–Crippen MR) is 522 cm³/mol. The number of benzene rings is 17. The maximum absolute atomic E-state index is 7.57. The first-order chi connectivity index (χ1) is 60.2. The Morgan fingerprint density at radius 3 is 1.07 bits per heavy atom. The van der Waals surface area contributed by atoms with Crippen molar-refractivity contribution in [3.63, 3.8) is 0 Å². The highest BCUT2D eigenvalue weighted by Crippen LogP contribution is 2.55. The lowest BCUT2D eigenvalue weighted by molar-refractivity contribution is 0.487. The second kappa shape index (κ2) is 27.6. The van der Waals surface area contributed by atoms with E-state index in [4.69, 9.17) is 4.74 Å². The fraction of sp³-hybridized carbons (Fsp3) is 0.0811. The number of aryl methyl sites for hydroxylation is 9. The van der Waals surface area contributed by atoms with Crippen LogP contribution in [-0.4, -0.2) is 24.7 Å². The Labute approximate surface area is 719 Å². The molecule has 0 bridgehead atoms. The van der Waals surface area contributed by atoms with E-state index in [1.54, 1.807) is 0 Å². The number of nitrogens with zero attached hydrogens (tertiary/aromatic N) is 7. The van der Waals surface area contributed by atoms with Gasteiger partial charge in [-0.25, -0.2) is 0 Å². The molecular formula is C111H85B3N8O. The van der Waals surface area contributed by atoms with E-state index in [9.17, 15) is 0 Å². The molecule has 12 heteroatoms. The summed E-state index contributed by atoms with van der Waals surface area (Å²) in [5.41, 5.74) is 47.0. The Hall–Kier alpha value is -14.9. The van der Waals surface area contributed by atoms with Crippen LogP contribution < -0.4 is 88.6 Å². The standard InChI is InChI=1S/C111H85B3N8O/c1-67-51-70(4)108(71(5)52-67)120-96-65-93-89(113-88-48-32-46-86-85-45-28-30-49-95(85)119(111(86)88)99-58-82(57-94(115-93)105(99)113)116(76-33-16-10-17-34-76)77-35-18-11-19-36-77)63-90(96)114-92-64-91-97(66-98(92)121(109-72(6)53-68(2)54-73(109)7)101-60-83(59-100(120)106(101)114)117(78-37-20-12-21-38-78)79-39-22-13-23-40-79)122(110-74(8)55-69(3)56-75(110)9)102-61-84(62-104-107(102)112(91)87-47-29-31-50-103(87)123-104)118(80-41-24-14-25-42-80)81-43-26-15-27-44-81/h10-66,115H,1-9H3. The lowest BCUT2D eigenvalue weighted by atomic mass is 9.29. The van der Waals surface area contributed by atoms with Gasteiger partial charge in [-0.3, -0.25) is 0 Å². The van der Waals surface area contributed by atoms with Crippen LogP contribution >= 0.6 is 0 Å². The molecule has 1 aromatic heterocycles. The average Bonchev–Trinajstić information content (AvgIpc) is 1.47. The molecule has 1 N–H and O–H groups in total. The number of rotatable bonds is 12. The average molecular weight is 1580 g/mol. The number of hydrogen-bond donors (Lipinski definition) is 1. The first-order valence-electron chi connectivity index (χ1n) is 43.1. The molecule has 6 aliphatic rings. The third-order valence-electron chi connectivity index (χ3n) is 26.7. The summed E-state index contributed by atoms with van der Waals surface area (Å²) in [7, 11) is 0. The van der Waals surface area contributed by atoms with Gasteiger partial charge in [-0.05, 0) is 272 Å². The monoisotopic (exact) mass is 1580 g/mol. The van der Waals surface area contributed by atoms with E-state index in [-0.39, 0.29) is 20.1 Å². The molecule has 584 valence electrons. The molecule has 0 radical (unpaired) electrons. The summed E-state index contributed by atoms with van der Waals surface area (Å²) < 4.78 is 10.2. The number of anilines is 20. The van der Waals surface area contributed by atoms with Gasteiger partial charge in [0.1, 0.15) is 11.5 Å². The minimum absolute atomic E-state index is 0.202. The molecule has 123 heavy (non-hydrogen) atoms. The van der Waals surface area contributed by atoms with E-state index in [1.807, 2.05) is 0 Å². The zero-order valence-electron chi connectivity index (χ0n) is 70.2. The van der Waals surface area contributed by atoms with Crippen LogP contribution in [0.2, 0.25) is 0 Å². The van der Waals surface area contributed by atoms with Gasteiger partial charge in [0.25, 0.3) is 20.1 Å². The molecule has 0 atom stereocenters. The Bertz CT molecular complexity index is 7300. The van der Waals surface area contributed by atoms with Crippen LogP contribution in [0.5, 0.6) is 11.5 Å². The van der Waals surface area contributed by atoms with Gasteiger partial charge in [0.2, 0.25) is 0 Å². The van der Waals surface area contributed by atoms with E-state index in [1.165, 1.54) is 110 Å². The predicted octanol–water partition coefficient (Wildman–Crippen LogP) is 23.3. The smallest absolute Gasteiger partial charge is 0.256 e. The van der Waals surface area contributed by atoms with Crippen LogP contribution in [0, 0.1) is 62.3 Å². The summed E-state index contributed by atoms with van der Waals surface area (Å²) in [6.45, 7) is 19.9. The molecule has 0 saturated heterocycles.